The molecule has 0 unspecified atom stereocenters. The van der Waals surface area contributed by atoms with Crippen LogP contribution in [0, 0.1) is 0 Å². The molecule has 0 aromatic rings. The van der Waals surface area contributed by atoms with Gasteiger partial charge in [0.05, 0.1) is 12.7 Å². The number of hydrogen-bond donors (Lipinski definition) is 0. The van der Waals surface area contributed by atoms with E-state index in [0.717, 1.165) is 19.3 Å². The van der Waals surface area contributed by atoms with E-state index in [9.17, 15) is 4.57 Å². The van der Waals surface area contributed by atoms with Gasteiger partial charge < -0.3 is 14.0 Å². The molecule has 0 aromatic heterocycles. The lowest BCUT2D eigenvalue weighted by Crippen LogP contribution is -2.28. The SMILES string of the molecule is CC[C@@H]1OC2(CCCC2)O[C@H]1COP(C)(C)=O. The third-order valence-electron chi connectivity index (χ3n) is 3.46. The third-order valence-corrected chi connectivity index (χ3v) is 4.24. The Hall–Kier alpha value is 0.110. The summed E-state index contributed by atoms with van der Waals surface area (Å²) in [6.45, 7) is 5.74. The maximum absolute atomic E-state index is 11.6. The van der Waals surface area contributed by atoms with Crippen LogP contribution in [0.5, 0.6) is 0 Å². The molecule has 0 N–H and O–H groups in total. The Morgan fingerprint density at radius 1 is 1.24 bits per heavy atom. The normalized spacial score (nSPS) is 32.4. The molecule has 0 aromatic carbocycles. The monoisotopic (exact) mass is 262 g/mol. The fraction of sp³-hybridized carbons (Fsp3) is 1.00. The molecule has 2 rings (SSSR count). The van der Waals surface area contributed by atoms with E-state index in [2.05, 4.69) is 6.92 Å². The molecule has 0 amide bonds. The van der Waals surface area contributed by atoms with Gasteiger partial charge in [0.15, 0.2) is 13.2 Å². The first kappa shape index (κ1) is 13.5. The molecular weight excluding hydrogens is 239 g/mol. The number of ether oxygens (including phenoxy) is 2. The lowest BCUT2D eigenvalue weighted by Gasteiger charge is -2.22. The Balaban J connectivity index is 1.94. The first-order chi connectivity index (χ1) is 7.94. The predicted molar refractivity (Wildman–Crippen MR) is 66.6 cm³/mol. The molecule has 1 spiro atoms. The highest BCUT2D eigenvalue weighted by molar-refractivity contribution is 7.57. The van der Waals surface area contributed by atoms with Crippen molar-refractivity contribution in [2.45, 2.75) is 57.0 Å². The summed E-state index contributed by atoms with van der Waals surface area (Å²) in [6, 6.07) is 0. The second-order valence-corrected chi connectivity index (χ2v) is 8.15. The first-order valence-electron chi connectivity index (χ1n) is 6.49. The second kappa shape index (κ2) is 5.00. The van der Waals surface area contributed by atoms with Crippen molar-refractivity contribution >= 4 is 7.37 Å². The van der Waals surface area contributed by atoms with Gasteiger partial charge in [0.1, 0.15) is 6.10 Å². The molecule has 1 saturated carbocycles. The highest BCUT2D eigenvalue weighted by atomic mass is 31.2. The first-order valence-corrected chi connectivity index (χ1v) is 9.01. The van der Waals surface area contributed by atoms with Gasteiger partial charge in [-0.15, -0.1) is 0 Å². The van der Waals surface area contributed by atoms with Gasteiger partial charge in [-0.25, -0.2) is 0 Å². The second-order valence-electron chi connectivity index (χ2n) is 5.39. The van der Waals surface area contributed by atoms with Gasteiger partial charge in [0.25, 0.3) is 0 Å². The summed E-state index contributed by atoms with van der Waals surface area (Å²) >= 11 is 0. The standard InChI is InChI=1S/C12H23O4P/c1-4-10-11(9-14-17(2,3)13)16-12(15-10)7-5-6-8-12/h10-11H,4-9H2,1-3H3/t10-,11-/m0/s1. The quantitative estimate of drug-likeness (QED) is 0.730. The van der Waals surface area contributed by atoms with Crippen LogP contribution in [0.15, 0.2) is 0 Å². The van der Waals surface area contributed by atoms with Crippen molar-refractivity contribution in [2.24, 2.45) is 0 Å². The van der Waals surface area contributed by atoms with Crippen molar-refractivity contribution in [3.8, 4) is 0 Å². The summed E-state index contributed by atoms with van der Waals surface area (Å²) in [5.74, 6) is -0.361. The summed E-state index contributed by atoms with van der Waals surface area (Å²) in [7, 11) is -2.43. The van der Waals surface area contributed by atoms with E-state index >= 15 is 0 Å². The third kappa shape index (κ3) is 3.31. The van der Waals surface area contributed by atoms with Crippen molar-refractivity contribution in [1.29, 1.82) is 0 Å². The lowest BCUT2D eigenvalue weighted by atomic mass is 10.2. The van der Waals surface area contributed by atoms with Crippen molar-refractivity contribution < 1.29 is 18.6 Å². The van der Waals surface area contributed by atoms with Crippen LogP contribution in [-0.2, 0) is 18.6 Å². The Kier molecular flexibility index (Phi) is 3.99. The van der Waals surface area contributed by atoms with Crippen molar-refractivity contribution in [2.75, 3.05) is 19.9 Å². The molecule has 17 heavy (non-hydrogen) atoms. The summed E-state index contributed by atoms with van der Waals surface area (Å²) in [6.07, 6.45) is 5.24. The predicted octanol–water partition coefficient (Wildman–Crippen LogP) is 3.01. The Morgan fingerprint density at radius 3 is 2.35 bits per heavy atom. The highest BCUT2D eigenvalue weighted by Gasteiger charge is 2.48. The Morgan fingerprint density at radius 2 is 1.82 bits per heavy atom. The van der Waals surface area contributed by atoms with E-state index in [4.69, 9.17) is 14.0 Å². The highest BCUT2D eigenvalue weighted by Crippen LogP contribution is 2.44. The van der Waals surface area contributed by atoms with E-state index in [1.807, 2.05) is 0 Å². The molecule has 2 fully saturated rings. The maximum atomic E-state index is 11.6. The minimum Gasteiger partial charge on any atom is -0.344 e. The van der Waals surface area contributed by atoms with Gasteiger partial charge in [-0.05, 0) is 19.3 Å². The van der Waals surface area contributed by atoms with Crippen LogP contribution in [0.25, 0.3) is 0 Å². The van der Waals surface area contributed by atoms with Gasteiger partial charge in [-0.2, -0.15) is 0 Å². The molecule has 1 aliphatic heterocycles. The van der Waals surface area contributed by atoms with Crippen molar-refractivity contribution in [1.82, 2.24) is 0 Å². The minimum atomic E-state index is -2.43. The van der Waals surface area contributed by atoms with Crippen LogP contribution in [0.4, 0.5) is 0 Å². The van der Waals surface area contributed by atoms with E-state index in [1.54, 1.807) is 13.3 Å². The molecule has 1 heterocycles. The molecule has 4 nitrogen and oxygen atoms in total. The van der Waals surface area contributed by atoms with Crippen LogP contribution >= 0.6 is 7.37 Å². The molecule has 5 heteroatoms. The van der Waals surface area contributed by atoms with Gasteiger partial charge in [0, 0.05) is 26.2 Å². The summed E-state index contributed by atoms with van der Waals surface area (Å²) < 4.78 is 29.0. The van der Waals surface area contributed by atoms with Crippen molar-refractivity contribution in [3.63, 3.8) is 0 Å². The molecule has 1 aliphatic carbocycles. The van der Waals surface area contributed by atoms with Crippen LogP contribution in [0.2, 0.25) is 0 Å². The molecule has 0 bridgehead atoms. The van der Waals surface area contributed by atoms with E-state index in [-0.39, 0.29) is 18.0 Å². The summed E-state index contributed by atoms with van der Waals surface area (Å²) in [4.78, 5) is 0. The number of hydrogen-bond acceptors (Lipinski definition) is 4. The Bertz CT molecular complexity index is 306. The fourth-order valence-electron chi connectivity index (χ4n) is 2.62. The fourth-order valence-corrected chi connectivity index (χ4v) is 3.13. The van der Waals surface area contributed by atoms with Crippen molar-refractivity contribution in [3.05, 3.63) is 0 Å². The van der Waals surface area contributed by atoms with Gasteiger partial charge in [0.2, 0.25) is 0 Å². The molecule has 2 aliphatic rings. The van der Waals surface area contributed by atoms with Crippen LogP contribution in [0.3, 0.4) is 0 Å². The zero-order valence-electron chi connectivity index (χ0n) is 11.0. The van der Waals surface area contributed by atoms with Crippen LogP contribution < -0.4 is 0 Å². The molecule has 1 saturated heterocycles. The van der Waals surface area contributed by atoms with Gasteiger partial charge >= 0.3 is 0 Å². The lowest BCUT2D eigenvalue weighted by molar-refractivity contribution is -0.171. The zero-order chi connectivity index (χ0) is 12.5. The Labute approximate surface area is 103 Å². The zero-order valence-corrected chi connectivity index (χ0v) is 11.9. The smallest absolute Gasteiger partial charge is 0.197 e. The molecule has 0 radical (unpaired) electrons. The maximum Gasteiger partial charge on any atom is 0.197 e. The molecule has 100 valence electrons. The molecular formula is C12H23O4P. The molecule has 2 atom stereocenters. The van der Waals surface area contributed by atoms with E-state index in [1.165, 1.54) is 12.8 Å². The number of rotatable bonds is 4. The largest absolute Gasteiger partial charge is 0.344 e. The summed E-state index contributed by atoms with van der Waals surface area (Å²) in [5, 5.41) is 0. The summed E-state index contributed by atoms with van der Waals surface area (Å²) in [5.41, 5.74) is 0. The van der Waals surface area contributed by atoms with Crippen LogP contribution in [0.1, 0.15) is 39.0 Å². The van der Waals surface area contributed by atoms with Gasteiger partial charge in [-0.1, -0.05) is 6.92 Å². The van der Waals surface area contributed by atoms with E-state index in [0.29, 0.717) is 6.61 Å². The average Bonchev–Trinajstić information content (AvgIpc) is 2.83. The minimum absolute atomic E-state index is 0.0636. The van der Waals surface area contributed by atoms with E-state index < -0.39 is 7.37 Å². The average molecular weight is 262 g/mol. The van der Waals surface area contributed by atoms with Gasteiger partial charge in [-0.3, -0.25) is 4.57 Å². The topological polar surface area (TPSA) is 44.8 Å². The van der Waals surface area contributed by atoms with Crippen LogP contribution in [-0.4, -0.2) is 37.9 Å².